The quantitative estimate of drug-likeness (QED) is 0.698. The van der Waals surface area contributed by atoms with Gasteiger partial charge < -0.3 is 11.1 Å². The Balaban J connectivity index is 2.57. The van der Waals surface area contributed by atoms with Crippen molar-refractivity contribution >= 4 is 11.6 Å². The molecule has 0 bridgehead atoms. The molecule has 0 aromatic heterocycles. The summed E-state index contributed by atoms with van der Waals surface area (Å²) in [7, 11) is 0. The van der Waals surface area contributed by atoms with E-state index in [1.54, 1.807) is 12.1 Å². The molecule has 1 aromatic carbocycles. The molecule has 3 N–H and O–H groups in total. The third-order valence-electron chi connectivity index (χ3n) is 1.29. The molecule has 0 atom stereocenters. The number of halogens is 1. The van der Waals surface area contributed by atoms with Crippen molar-refractivity contribution in [2.45, 2.75) is 0 Å². The molecule has 3 nitrogen and oxygen atoms in total. The first-order valence-electron chi connectivity index (χ1n) is 3.46. The number of carbonyl (C=O) groups excluding carboxylic acids is 1. The maximum atomic E-state index is 12.5. The minimum atomic E-state index is -0.473. The Labute approximate surface area is 69.4 Å². The normalized spacial score (nSPS) is 9.42. The van der Waals surface area contributed by atoms with E-state index in [1.165, 1.54) is 12.1 Å². The molecule has 0 aliphatic carbocycles. The zero-order valence-electron chi connectivity index (χ0n) is 6.38. The Morgan fingerprint density at radius 1 is 1.58 bits per heavy atom. The molecule has 0 saturated carbocycles. The lowest BCUT2D eigenvalue weighted by Gasteiger charge is -2.02. The van der Waals surface area contributed by atoms with Gasteiger partial charge in [-0.3, -0.25) is 4.79 Å². The highest BCUT2D eigenvalue weighted by atomic mass is 19.1. The second kappa shape index (κ2) is 3.71. The zero-order chi connectivity index (χ0) is 8.97. The number of rotatable bonds is 3. The summed E-state index contributed by atoms with van der Waals surface area (Å²) in [5, 5.41) is 2.67. The highest BCUT2D eigenvalue weighted by Gasteiger charge is 1.95. The van der Waals surface area contributed by atoms with Crippen LogP contribution in [0.4, 0.5) is 10.1 Å². The highest BCUT2D eigenvalue weighted by Crippen LogP contribution is 2.07. The fourth-order valence-corrected chi connectivity index (χ4v) is 0.788. The van der Waals surface area contributed by atoms with Crippen LogP contribution in [-0.4, -0.2) is 12.5 Å². The van der Waals surface area contributed by atoms with Gasteiger partial charge in [0.2, 0.25) is 5.91 Å². The lowest BCUT2D eigenvalue weighted by atomic mass is 10.3. The van der Waals surface area contributed by atoms with E-state index < -0.39 is 5.91 Å². The number of nitrogens with two attached hydrogens (primary N) is 1. The van der Waals surface area contributed by atoms with Crippen LogP contribution in [0.1, 0.15) is 0 Å². The Hall–Kier alpha value is -1.58. The van der Waals surface area contributed by atoms with E-state index in [2.05, 4.69) is 5.32 Å². The van der Waals surface area contributed by atoms with Gasteiger partial charge in [0, 0.05) is 5.69 Å². The van der Waals surface area contributed by atoms with Crippen LogP contribution in [0.25, 0.3) is 0 Å². The van der Waals surface area contributed by atoms with E-state index in [0.717, 1.165) is 0 Å². The summed E-state index contributed by atoms with van der Waals surface area (Å²) in [6.07, 6.45) is 0. The summed E-state index contributed by atoms with van der Waals surface area (Å²) in [6, 6.07) is 5.84. The van der Waals surface area contributed by atoms with Crippen molar-refractivity contribution in [3.05, 3.63) is 30.1 Å². The molecule has 0 aliphatic heterocycles. The predicted molar refractivity (Wildman–Crippen MR) is 44.1 cm³/mol. The second-order valence-corrected chi connectivity index (χ2v) is 2.33. The van der Waals surface area contributed by atoms with E-state index in [1.807, 2.05) is 0 Å². The monoisotopic (exact) mass is 168 g/mol. The van der Waals surface area contributed by atoms with Crippen LogP contribution in [0.2, 0.25) is 0 Å². The van der Waals surface area contributed by atoms with Crippen molar-refractivity contribution in [2.24, 2.45) is 5.73 Å². The maximum absolute atomic E-state index is 12.5. The Kier molecular flexibility index (Phi) is 2.63. The number of hydrogen-bond acceptors (Lipinski definition) is 2. The topological polar surface area (TPSA) is 55.1 Å². The van der Waals surface area contributed by atoms with Crippen LogP contribution < -0.4 is 11.1 Å². The SMILES string of the molecule is NC(=O)CNc1cccc(F)c1. The highest BCUT2D eigenvalue weighted by molar-refractivity contribution is 5.78. The first kappa shape index (κ1) is 8.52. The van der Waals surface area contributed by atoms with Crippen LogP contribution in [0.5, 0.6) is 0 Å². The summed E-state index contributed by atoms with van der Waals surface area (Å²) in [5.74, 6) is -0.816. The number of benzene rings is 1. The van der Waals surface area contributed by atoms with Gasteiger partial charge in [-0.05, 0) is 18.2 Å². The smallest absolute Gasteiger partial charge is 0.236 e. The summed E-state index contributed by atoms with van der Waals surface area (Å²) in [4.78, 5) is 10.3. The third kappa shape index (κ3) is 2.57. The molecule has 1 aromatic rings. The van der Waals surface area contributed by atoms with Gasteiger partial charge in [-0.1, -0.05) is 6.07 Å². The van der Waals surface area contributed by atoms with Gasteiger partial charge in [0.05, 0.1) is 6.54 Å². The molecular formula is C8H9FN2O. The van der Waals surface area contributed by atoms with Gasteiger partial charge >= 0.3 is 0 Å². The van der Waals surface area contributed by atoms with Crippen molar-refractivity contribution in [1.29, 1.82) is 0 Å². The number of nitrogens with one attached hydrogen (secondary N) is 1. The van der Waals surface area contributed by atoms with Crippen molar-refractivity contribution in [3.8, 4) is 0 Å². The van der Waals surface area contributed by atoms with Crippen LogP contribution in [-0.2, 0) is 4.79 Å². The second-order valence-electron chi connectivity index (χ2n) is 2.33. The van der Waals surface area contributed by atoms with Gasteiger partial charge in [-0.25, -0.2) is 4.39 Å². The van der Waals surface area contributed by atoms with Crippen molar-refractivity contribution in [1.82, 2.24) is 0 Å². The first-order valence-corrected chi connectivity index (χ1v) is 3.46. The molecule has 0 radical (unpaired) electrons. The standard InChI is InChI=1S/C8H9FN2O/c9-6-2-1-3-7(4-6)11-5-8(10)12/h1-4,11H,5H2,(H2,10,12). The fourth-order valence-electron chi connectivity index (χ4n) is 0.788. The molecule has 0 unspecified atom stereocenters. The Bertz CT molecular complexity index is 288. The van der Waals surface area contributed by atoms with E-state index in [9.17, 15) is 9.18 Å². The summed E-state index contributed by atoms with van der Waals surface area (Å²) < 4.78 is 12.5. The van der Waals surface area contributed by atoms with Gasteiger partial charge in [0.15, 0.2) is 0 Å². The van der Waals surface area contributed by atoms with Crippen molar-refractivity contribution in [2.75, 3.05) is 11.9 Å². The zero-order valence-corrected chi connectivity index (χ0v) is 6.38. The third-order valence-corrected chi connectivity index (χ3v) is 1.29. The molecule has 12 heavy (non-hydrogen) atoms. The van der Waals surface area contributed by atoms with E-state index in [-0.39, 0.29) is 12.4 Å². The molecular weight excluding hydrogens is 159 g/mol. The number of anilines is 1. The van der Waals surface area contributed by atoms with Gasteiger partial charge in [-0.2, -0.15) is 0 Å². The number of carbonyl (C=O) groups is 1. The van der Waals surface area contributed by atoms with Gasteiger partial charge in [0.1, 0.15) is 5.82 Å². The molecule has 0 heterocycles. The van der Waals surface area contributed by atoms with Crippen LogP contribution in [0.3, 0.4) is 0 Å². The van der Waals surface area contributed by atoms with Gasteiger partial charge in [-0.15, -0.1) is 0 Å². The summed E-state index contributed by atoms with van der Waals surface area (Å²) >= 11 is 0. The summed E-state index contributed by atoms with van der Waals surface area (Å²) in [6.45, 7) is 0.0173. The number of hydrogen-bond donors (Lipinski definition) is 2. The maximum Gasteiger partial charge on any atom is 0.236 e. The predicted octanol–water partition coefficient (Wildman–Crippen LogP) is 0.723. The van der Waals surface area contributed by atoms with E-state index >= 15 is 0 Å². The lowest BCUT2D eigenvalue weighted by Crippen LogP contribution is -2.21. The van der Waals surface area contributed by atoms with Crippen LogP contribution in [0, 0.1) is 5.82 Å². The number of primary amides is 1. The first-order chi connectivity index (χ1) is 5.68. The Morgan fingerprint density at radius 3 is 2.92 bits per heavy atom. The minimum Gasteiger partial charge on any atom is -0.376 e. The average Bonchev–Trinajstić information content (AvgIpc) is 2.01. The molecule has 0 fully saturated rings. The number of amides is 1. The van der Waals surface area contributed by atoms with Crippen molar-refractivity contribution in [3.63, 3.8) is 0 Å². The van der Waals surface area contributed by atoms with Crippen LogP contribution in [0.15, 0.2) is 24.3 Å². The molecule has 0 aliphatic rings. The largest absolute Gasteiger partial charge is 0.376 e. The fraction of sp³-hybridized carbons (Fsp3) is 0.125. The average molecular weight is 168 g/mol. The molecule has 1 rings (SSSR count). The van der Waals surface area contributed by atoms with E-state index in [4.69, 9.17) is 5.73 Å². The van der Waals surface area contributed by atoms with Gasteiger partial charge in [0.25, 0.3) is 0 Å². The van der Waals surface area contributed by atoms with Crippen LogP contribution >= 0.6 is 0 Å². The molecule has 4 heteroatoms. The molecule has 1 amide bonds. The Morgan fingerprint density at radius 2 is 2.33 bits per heavy atom. The lowest BCUT2D eigenvalue weighted by molar-refractivity contribution is -0.116. The molecule has 0 saturated heterocycles. The van der Waals surface area contributed by atoms with Crippen molar-refractivity contribution < 1.29 is 9.18 Å². The minimum absolute atomic E-state index is 0.0173. The van der Waals surface area contributed by atoms with E-state index in [0.29, 0.717) is 5.69 Å². The summed E-state index contributed by atoms with van der Waals surface area (Å²) in [5.41, 5.74) is 5.43. The molecule has 64 valence electrons. The molecule has 0 spiro atoms.